The SMILES string of the molecule is C=CCn1c(S[C@@H](C)C(=O)NCCOC)nc2ccc(Cl)cc2c1=O. The van der Waals surface area contributed by atoms with Crippen LogP contribution in [0, 0.1) is 0 Å². The van der Waals surface area contributed by atoms with Gasteiger partial charge in [-0.2, -0.15) is 0 Å². The van der Waals surface area contributed by atoms with Crippen molar-refractivity contribution in [1.82, 2.24) is 14.9 Å². The maximum absolute atomic E-state index is 12.7. The molecule has 1 amide bonds. The van der Waals surface area contributed by atoms with Crippen LogP contribution in [0.5, 0.6) is 0 Å². The van der Waals surface area contributed by atoms with Crippen LogP contribution in [0.4, 0.5) is 0 Å². The first-order valence-electron chi connectivity index (χ1n) is 7.72. The highest BCUT2D eigenvalue weighted by atomic mass is 35.5. The lowest BCUT2D eigenvalue weighted by atomic mass is 10.2. The predicted octanol–water partition coefficient (Wildman–Crippen LogP) is 2.48. The largest absolute Gasteiger partial charge is 0.383 e. The van der Waals surface area contributed by atoms with Crippen LogP contribution in [0.15, 0.2) is 40.8 Å². The lowest BCUT2D eigenvalue weighted by Gasteiger charge is -2.15. The van der Waals surface area contributed by atoms with Crippen LogP contribution in [-0.4, -0.2) is 41.0 Å². The van der Waals surface area contributed by atoms with Gasteiger partial charge in [-0.3, -0.25) is 14.2 Å². The molecule has 0 saturated carbocycles. The van der Waals surface area contributed by atoms with Crippen molar-refractivity contribution in [3.63, 3.8) is 0 Å². The zero-order valence-corrected chi connectivity index (χ0v) is 15.7. The summed E-state index contributed by atoms with van der Waals surface area (Å²) in [6.07, 6.45) is 1.62. The number of allylic oxidation sites excluding steroid dienone is 1. The summed E-state index contributed by atoms with van der Waals surface area (Å²) >= 11 is 7.21. The number of amides is 1. The van der Waals surface area contributed by atoms with Gasteiger partial charge in [0.1, 0.15) is 0 Å². The Bertz CT molecular complexity index is 838. The fraction of sp³-hybridized carbons (Fsp3) is 0.353. The Morgan fingerprint density at radius 1 is 1.56 bits per heavy atom. The third kappa shape index (κ3) is 4.84. The third-order valence-corrected chi connectivity index (χ3v) is 4.77. The Morgan fingerprint density at radius 3 is 3.00 bits per heavy atom. The molecule has 2 rings (SSSR count). The summed E-state index contributed by atoms with van der Waals surface area (Å²) in [6, 6.07) is 4.98. The number of hydrogen-bond donors (Lipinski definition) is 1. The molecule has 1 heterocycles. The molecule has 8 heteroatoms. The highest BCUT2D eigenvalue weighted by molar-refractivity contribution is 8.00. The Kier molecular flexibility index (Phi) is 7.04. The molecule has 2 aromatic rings. The van der Waals surface area contributed by atoms with E-state index in [0.717, 1.165) is 0 Å². The van der Waals surface area contributed by atoms with Gasteiger partial charge in [0, 0.05) is 25.2 Å². The number of carbonyl (C=O) groups excluding carboxylic acids is 1. The third-order valence-electron chi connectivity index (χ3n) is 3.45. The lowest BCUT2D eigenvalue weighted by Crippen LogP contribution is -2.34. The van der Waals surface area contributed by atoms with E-state index < -0.39 is 5.25 Å². The van der Waals surface area contributed by atoms with Gasteiger partial charge in [-0.1, -0.05) is 29.4 Å². The lowest BCUT2D eigenvalue weighted by molar-refractivity contribution is -0.120. The minimum atomic E-state index is -0.412. The summed E-state index contributed by atoms with van der Waals surface area (Å²) < 4.78 is 6.41. The van der Waals surface area contributed by atoms with E-state index in [1.165, 1.54) is 16.3 Å². The van der Waals surface area contributed by atoms with Crippen LogP contribution >= 0.6 is 23.4 Å². The van der Waals surface area contributed by atoms with E-state index in [9.17, 15) is 9.59 Å². The van der Waals surface area contributed by atoms with Crippen molar-refractivity contribution in [3.8, 4) is 0 Å². The van der Waals surface area contributed by atoms with Gasteiger partial charge in [0.25, 0.3) is 5.56 Å². The first-order chi connectivity index (χ1) is 12.0. The molecule has 0 fully saturated rings. The van der Waals surface area contributed by atoms with Crippen molar-refractivity contribution in [1.29, 1.82) is 0 Å². The molecule has 1 atom stereocenters. The molecule has 0 radical (unpaired) electrons. The van der Waals surface area contributed by atoms with E-state index in [2.05, 4.69) is 16.9 Å². The summed E-state index contributed by atoms with van der Waals surface area (Å²) in [5, 5.41) is 3.75. The van der Waals surface area contributed by atoms with Gasteiger partial charge >= 0.3 is 0 Å². The molecule has 0 bridgehead atoms. The number of nitrogens with zero attached hydrogens (tertiary/aromatic N) is 2. The molecule has 134 valence electrons. The van der Waals surface area contributed by atoms with Gasteiger partial charge in [-0.25, -0.2) is 4.98 Å². The zero-order chi connectivity index (χ0) is 18.4. The second-order valence-corrected chi connectivity index (χ2v) is 7.05. The average Bonchev–Trinajstić information content (AvgIpc) is 2.59. The second-order valence-electron chi connectivity index (χ2n) is 5.30. The molecule has 1 aromatic heterocycles. The molecule has 1 N–H and O–H groups in total. The summed E-state index contributed by atoms with van der Waals surface area (Å²) in [4.78, 5) is 29.4. The Morgan fingerprint density at radius 2 is 2.32 bits per heavy atom. The minimum Gasteiger partial charge on any atom is -0.383 e. The molecule has 0 aliphatic heterocycles. The molecule has 25 heavy (non-hydrogen) atoms. The molecule has 0 saturated heterocycles. The number of rotatable bonds is 8. The molecule has 0 unspecified atom stereocenters. The number of nitrogens with one attached hydrogen (secondary N) is 1. The smallest absolute Gasteiger partial charge is 0.262 e. The van der Waals surface area contributed by atoms with Crippen molar-refractivity contribution >= 4 is 40.2 Å². The number of hydrogen-bond acceptors (Lipinski definition) is 5. The molecular weight excluding hydrogens is 362 g/mol. The van der Waals surface area contributed by atoms with Crippen molar-refractivity contribution in [2.75, 3.05) is 20.3 Å². The second kappa shape index (κ2) is 9.03. The normalized spacial score (nSPS) is 12.1. The van der Waals surface area contributed by atoms with Gasteiger partial charge in [0.05, 0.1) is 22.8 Å². The van der Waals surface area contributed by atoms with E-state index in [-0.39, 0.29) is 11.5 Å². The average molecular weight is 382 g/mol. The van der Waals surface area contributed by atoms with E-state index in [0.29, 0.717) is 40.8 Å². The van der Waals surface area contributed by atoms with E-state index in [1.54, 1.807) is 38.3 Å². The first-order valence-corrected chi connectivity index (χ1v) is 8.98. The number of benzene rings is 1. The minimum absolute atomic E-state index is 0.141. The van der Waals surface area contributed by atoms with Gasteiger partial charge in [0.15, 0.2) is 5.16 Å². The van der Waals surface area contributed by atoms with Crippen LogP contribution in [0.1, 0.15) is 6.92 Å². The fourth-order valence-electron chi connectivity index (χ4n) is 2.18. The molecular formula is C17H20ClN3O3S. The van der Waals surface area contributed by atoms with E-state index >= 15 is 0 Å². The van der Waals surface area contributed by atoms with Crippen LogP contribution in [0.3, 0.4) is 0 Å². The molecule has 1 aromatic carbocycles. The van der Waals surface area contributed by atoms with E-state index in [1.807, 2.05) is 0 Å². The maximum Gasteiger partial charge on any atom is 0.262 e. The molecule has 0 aliphatic rings. The fourth-order valence-corrected chi connectivity index (χ4v) is 3.30. The zero-order valence-electron chi connectivity index (χ0n) is 14.1. The van der Waals surface area contributed by atoms with Crippen LogP contribution in [0.25, 0.3) is 10.9 Å². The number of aromatic nitrogens is 2. The quantitative estimate of drug-likeness (QED) is 0.329. The summed E-state index contributed by atoms with van der Waals surface area (Å²) in [6.45, 7) is 6.63. The summed E-state index contributed by atoms with van der Waals surface area (Å²) in [5.74, 6) is -0.141. The molecule has 0 spiro atoms. The highest BCUT2D eigenvalue weighted by Gasteiger charge is 2.19. The number of halogens is 1. The number of ether oxygens (including phenoxy) is 1. The Balaban J connectivity index is 2.34. The van der Waals surface area contributed by atoms with Crippen molar-refractivity contribution < 1.29 is 9.53 Å². The van der Waals surface area contributed by atoms with E-state index in [4.69, 9.17) is 16.3 Å². The Hall–Kier alpha value is -1.83. The van der Waals surface area contributed by atoms with Crippen LogP contribution < -0.4 is 10.9 Å². The predicted molar refractivity (Wildman–Crippen MR) is 101 cm³/mol. The summed E-state index contributed by atoms with van der Waals surface area (Å²) in [5.41, 5.74) is 0.339. The van der Waals surface area contributed by atoms with Crippen LogP contribution in [-0.2, 0) is 16.1 Å². The van der Waals surface area contributed by atoms with Crippen LogP contribution in [0.2, 0.25) is 5.02 Å². The van der Waals surface area contributed by atoms with Gasteiger partial charge < -0.3 is 10.1 Å². The van der Waals surface area contributed by atoms with Gasteiger partial charge in [-0.15, -0.1) is 6.58 Å². The highest BCUT2D eigenvalue weighted by Crippen LogP contribution is 2.23. The standard InChI is InChI=1S/C17H20ClN3O3S/c1-4-8-21-16(23)13-10-12(18)5-6-14(13)20-17(21)25-11(2)15(22)19-7-9-24-3/h4-6,10-11H,1,7-9H2,2-3H3,(H,19,22)/t11-/m0/s1. The monoisotopic (exact) mass is 381 g/mol. The topological polar surface area (TPSA) is 73.2 Å². The Labute approximate surface area is 155 Å². The van der Waals surface area contributed by atoms with Crippen molar-refractivity contribution in [2.24, 2.45) is 0 Å². The molecule has 6 nitrogen and oxygen atoms in total. The van der Waals surface area contributed by atoms with Gasteiger partial charge in [0.2, 0.25) is 5.91 Å². The number of methoxy groups -OCH3 is 1. The van der Waals surface area contributed by atoms with Crippen molar-refractivity contribution in [2.45, 2.75) is 23.9 Å². The maximum atomic E-state index is 12.7. The number of fused-ring (bicyclic) bond motifs is 1. The molecule has 0 aliphatic carbocycles. The summed E-state index contributed by atoms with van der Waals surface area (Å²) in [7, 11) is 1.57. The number of thioether (sulfide) groups is 1. The van der Waals surface area contributed by atoms with Gasteiger partial charge in [-0.05, 0) is 25.1 Å². The first kappa shape index (κ1) is 19.5. The van der Waals surface area contributed by atoms with Crippen molar-refractivity contribution in [3.05, 3.63) is 46.2 Å². The number of carbonyl (C=O) groups is 1.